The summed E-state index contributed by atoms with van der Waals surface area (Å²) < 4.78 is 19.8. The van der Waals surface area contributed by atoms with Gasteiger partial charge in [0.25, 0.3) is 5.56 Å². The van der Waals surface area contributed by atoms with Crippen molar-refractivity contribution >= 4 is 10.8 Å². The molecule has 0 aliphatic carbocycles. The molecule has 3 aromatic rings. The van der Waals surface area contributed by atoms with Crippen molar-refractivity contribution in [3.8, 4) is 5.75 Å². The molecule has 0 aliphatic heterocycles. The van der Waals surface area contributed by atoms with Gasteiger partial charge in [0.2, 0.25) is 0 Å². The first-order chi connectivity index (χ1) is 10.2. The number of nitrogens with zero attached hydrogens (tertiary/aromatic N) is 2. The molecule has 0 fully saturated rings. The van der Waals surface area contributed by atoms with Gasteiger partial charge in [0.1, 0.15) is 18.2 Å². The molecule has 0 radical (unpaired) electrons. The zero-order valence-electron chi connectivity index (χ0n) is 11.2. The van der Waals surface area contributed by atoms with E-state index in [1.165, 1.54) is 16.8 Å². The van der Waals surface area contributed by atoms with Crippen LogP contribution in [0.15, 0.2) is 59.5 Å². The van der Waals surface area contributed by atoms with Crippen LogP contribution < -0.4 is 10.3 Å². The maximum absolute atomic E-state index is 13.0. The molecule has 0 N–H and O–H groups in total. The van der Waals surface area contributed by atoms with Crippen LogP contribution in [0.2, 0.25) is 0 Å². The van der Waals surface area contributed by atoms with Crippen LogP contribution in [0.3, 0.4) is 0 Å². The summed E-state index contributed by atoms with van der Waals surface area (Å²) in [5.74, 6) is 0.0809. The first-order valence-corrected chi connectivity index (χ1v) is 6.57. The lowest BCUT2D eigenvalue weighted by molar-refractivity contribution is 0.287. The minimum Gasteiger partial charge on any atom is -0.492 e. The third kappa shape index (κ3) is 2.91. The highest BCUT2D eigenvalue weighted by molar-refractivity contribution is 5.80. The normalized spacial score (nSPS) is 10.7. The first-order valence-electron chi connectivity index (χ1n) is 6.57. The second-order valence-corrected chi connectivity index (χ2v) is 4.57. The summed E-state index contributed by atoms with van der Waals surface area (Å²) in [6.07, 6.45) is 1.65. The molecule has 0 saturated heterocycles. The summed E-state index contributed by atoms with van der Waals surface area (Å²) in [5, 5.41) is 5.54. The summed E-state index contributed by atoms with van der Waals surface area (Å²) in [6, 6.07) is 13.2. The van der Waals surface area contributed by atoms with Crippen LogP contribution >= 0.6 is 0 Å². The number of hydrogen-bond acceptors (Lipinski definition) is 3. The van der Waals surface area contributed by atoms with Crippen LogP contribution in [0, 0.1) is 5.82 Å². The maximum Gasteiger partial charge on any atom is 0.274 e. The fourth-order valence-electron chi connectivity index (χ4n) is 2.09. The summed E-state index contributed by atoms with van der Waals surface area (Å²) in [6.45, 7) is 0.550. The van der Waals surface area contributed by atoms with E-state index in [0.29, 0.717) is 17.7 Å². The van der Waals surface area contributed by atoms with E-state index in [1.807, 2.05) is 18.2 Å². The average Bonchev–Trinajstić information content (AvgIpc) is 2.50. The van der Waals surface area contributed by atoms with E-state index < -0.39 is 0 Å². The average molecular weight is 284 g/mol. The Balaban J connectivity index is 1.74. The Morgan fingerprint density at radius 3 is 2.86 bits per heavy atom. The second kappa shape index (κ2) is 5.75. The van der Waals surface area contributed by atoms with Crippen LogP contribution in [0.5, 0.6) is 5.75 Å². The van der Waals surface area contributed by atoms with Gasteiger partial charge in [-0.2, -0.15) is 5.10 Å². The predicted molar refractivity (Wildman–Crippen MR) is 77.9 cm³/mol. The minimum absolute atomic E-state index is 0.157. The van der Waals surface area contributed by atoms with E-state index in [4.69, 9.17) is 4.74 Å². The van der Waals surface area contributed by atoms with Crippen LogP contribution in [-0.4, -0.2) is 16.4 Å². The van der Waals surface area contributed by atoms with Crippen molar-refractivity contribution in [2.24, 2.45) is 0 Å². The lowest BCUT2D eigenvalue weighted by Gasteiger charge is -2.08. The summed E-state index contributed by atoms with van der Waals surface area (Å²) in [4.78, 5) is 12.2. The molecule has 1 heterocycles. The van der Waals surface area contributed by atoms with E-state index in [9.17, 15) is 9.18 Å². The highest BCUT2D eigenvalue weighted by Gasteiger charge is 2.03. The van der Waals surface area contributed by atoms with E-state index in [-0.39, 0.29) is 18.0 Å². The van der Waals surface area contributed by atoms with Crippen molar-refractivity contribution in [3.63, 3.8) is 0 Å². The molecule has 4 nitrogen and oxygen atoms in total. The molecular weight excluding hydrogens is 271 g/mol. The number of benzene rings is 2. The van der Waals surface area contributed by atoms with E-state index >= 15 is 0 Å². The van der Waals surface area contributed by atoms with E-state index in [2.05, 4.69) is 5.10 Å². The summed E-state index contributed by atoms with van der Waals surface area (Å²) in [5.41, 5.74) is -0.157. The first kappa shape index (κ1) is 13.3. The molecule has 1 aromatic heterocycles. The molecule has 0 amide bonds. The number of ether oxygens (including phenoxy) is 1. The number of hydrogen-bond donors (Lipinski definition) is 0. The fraction of sp³-hybridized carbons (Fsp3) is 0.125. The van der Waals surface area contributed by atoms with Crippen molar-refractivity contribution in [2.75, 3.05) is 6.61 Å². The number of fused-ring (bicyclic) bond motifs is 1. The van der Waals surface area contributed by atoms with Gasteiger partial charge >= 0.3 is 0 Å². The molecule has 0 bridgehead atoms. The third-order valence-electron chi connectivity index (χ3n) is 3.13. The zero-order valence-corrected chi connectivity index (χ0v) is 11.2. The van der Waals surface area contributed by atoms with Crippen LogP contribution in [-0.2, 0) is 6.54 Å². The van der Waals surface area contributed by atoms with Crippen LogP contribution in [0.4, 0.5) is 4.39 Å². The SMILES string of the molecule is O=c1c2ccccc2cnn1CCOc1cccc(F)c1. The van der Waals surface area contributed by atoms with E-state index in [1.54, 1.807) is 24.4 Å². The van der Waals surface area contributed by atoms with Crippen LogP contribution in [0.1, 0.15) is 0 Å². The van der Waals surface area contributed by atoms with Crippen molar-refractivity contribution in [1.29, 1.82) is 0 Å². The lowest BCUT2D eigenvalue weighted by Crippen LogP contribution is -2.25. The Morgan fingerprint density at radius 2 is 2.00 bits per heavy atom. The molecular formula is C16H13FN2O2. The number of aromatic nitrogens is 2. The summed E-state index contributed by atoms with van der Waals surface area (Å²) >= 11 is 0. The Labute approximate surface area is 120 Å². The predicted octanol–water partition coefficient (Wildman–Crippen LogP) is 2.61. The van der Waals surface area contributed by atoms with Gasteiger partial charge in [-0.25, -0.2) is 9.07 Å². The second-order valence-electron chi connectivity index (χ2n) is 4.57. The van der Waals surface area contributed by atoms with E-state index in [0.717, 1.165) is 5.39 Å². The molecule has 21 heavy (non-hydrogen) atoms. The van der Waals surface area contributed by atoms with Gasteiger partial charge in [-0.3, -0.25) is 4.79 Å². The molecule has 0 saturated carbocycles. The Kier molecular flexibility index (Phi) is 3.64. The van der Waals surface area contributed by atoms with Crippen molar-refractivity contribution < 1.29 is 9.13 Å². The van der Waals surface area contributed by atoms with Crippen molar-refractivity contribution in [2.45, 2.75) is 6.54 Å². The number of halogens is 1. The Hall–Kier alpha value is -2.69. The van der Waals surface area contributed by atoms with Gasteiger partial charge in [0.15, 0.2) is 0 Å². The topological polar surface area (TPSA) is 44.1 Å². The largest absolute Gasteiger partial charge is 0.492 e. The van der Waals surface area contributed by atoms with Crippen LogP contribution in [0.25, 0.3) is 10.8 Å². The smallest absolute Gasteiger partial charge is 0.274 e. The Bertz CT molecular complexity index is 830. The lowest BCUT2D eigenvalue weighted by atomic mass is 10.2. The third-order valence-corrected chi connectivity index (χ3v) is 3.13. The van der Waals surface area contributed by atoms with Gasteiger partial charge in [-0.05, 0) is 18.2 Å². The van der Waals surface area contributed by atoms with Gasteiger partial charge in [-0.1, -0.05) is 24.3 Å². The van der Waals surface area contributed by atoms with Crippen molar-refractivity contribution in [1.82, 2.24) is 9.78 Å². The van der Waals surface area contributed by atoms with Gasteiger partial charge in [0, 0.05) is 11.5 Å². The molecule has 3 rings (SSSR count). The molecule has 5 heteroatoms. The molecule has 0 spiro atoms. The molecule has 106 valence electrons. The standard InChI is InChI=1S/C16H13FN2O2/c17-13-5-3-6-14(10-13)21-9-8-19-16(20)15-7-2-1-4-12(15)11-18-19/h1-7,10-11H,8-9H2. The van der Waals surface area contributed by atoms with Gasteiger partial charge in [0.05, 0.1) is 18.1 Å². The number of rotatable bonds is 4. The van der Waals surface area contributed by atoms with Crippen molar-refractivity contribution in [3.05, 3.63) is 70.9 Å². The quantitative estimate of drug-likeness (QED) is 0.739. The highest BCUT2D eigenvalue weighted by Crippen LogP contribution is 2.11. The highest BCUT2D eigenvalue weighted by atomic mass is 19.1. The summed E-state index contributed by atoms with van der Waals surface area (Å²) in [7, 11) is 0. The zero-order chi connectivity index (χ0) is 14.7. The van der Waals surface area contributed by atoms with Gasteiger partial charge < -0.3 is 4.74 Å². The maximum atomic E-state index is 13.0. The Morgan fingerprint density at radius 1 is 1.14 bits per heavy atom. The monoisotopic (exact) mass is 284 g/mol. The molecule has 0 unspecified atom stereocenters. The fourth-order valence-corrected chi connectivity index (χ4v) is 2.09. The van der Waals surface area contributed by atoms with Gasteiger partial charge in [-0.15, -0.1) is 0 Å². The molecule has 0 atom stereocenters. The molecule has 0 aliphatic rings. The molecule has 2 aromatic carbocycles. The minimum atomic E-state index is -0.353.